The Morgan fingerprint density at radius 3 is 3.31 bits per heavy atom. The SMILES string of the molecule is [c]1nc2c(s1)CN(CC1CC1)CC2. The number of nitrogens with zero attached hydrogens (tertiary/aromatic N) is 2. The van der Waals surface area contributed by atoms with E-state index < -0.39 is 0 Å². The molecule has 1 aliphatic carbocycles. The monoisotopic (exact) mass is 193 g/mol. The summed E-state index contributed by atoms with van der Waals surface area (Å²) in [5, 5.41) is 0. The summed E-state index contributed by atoms with van der Waals surface area (Å²) >= 11 is 1.70. The van der Waals surface area contributed by atoms with Crippen LogP contribution in [0.1, 0.15) is 23.4 Å². The summed E-state index contributed by atoms with van der Waals surface area (Å²) in [5.74, 6) is 1.01. The molecule has 1 aliphatic heterocycles. The van der Waals surface area contributed by atoms with Crippen LogP contribution in [-0.4, -0.2) is 23.0 Å². The van der Waals surface area contributed by atoms with Gasteiger partial charge in [0.15, 0.2) is 5.51 Å². The summed E-state index contributed by atoms with van der Waals surface area (Å²) in [6.45, 7) is 3.66. The van der Waals surface area contributed by atoms with E-state index in [-0.39, 0.29) is 0 Å². The lowest BCUT2D eigenvalue weighted by Crippen LogP contribution is -2.31. The minimum Gasteiger partial charge on any atom is -0.298 e. The molecule has 0 unspecified atom stereocenters. The van der Waals surface area contributed by atoms with Crippen LogP contribution >= 0.6 is 11.3 Å². The standard InChI is InChI=1S/C10H13N2S/c1-2-8(1)5-12-4-3-9-10(6-12)13-7-11-9/h8H,1-6H2. The van der Waals surface area contributed by atoms with Gasteiger partial charge in [-0.2, -0.15) is 0 Å². The topological polar surface area (TPSA) is 16.1 Å². The molecule has 0 bridgehead atoms. The van der Waals surface area contributed by atoms with Crippen molar-refractivity contribution in [3.8, 4) is 0 Å². The maximum atomic E-state index is 4.25. The highest BCUT2D eigenvalue weighted by Crippen LogP contribution is 2.31. The van der Waals surface area contributed by atoms with Crippen LogP contribution in [0.5, 0.6) is 0 Å². The van der Waals surface area contributed by atoms with Crippen molar-refractivity contribution in [1.82, 2.24) is 9.88 Å². The van der Waals surface area contributed by atoms with Gasteiger partial charge in [0, 0.05) is 30.9 Å². The van der Waals surface area contributed by atoms with Crippen molar-refractivity contribution in [2.24, 2.45) is 5.92 Å². The van der Waals surface area contributed by atoms with Crippen molar-refractivity contribution in [3.63, 3.8) is 0 Å². The molecule has 1 aromatic rings. The predicted octanol–water partition coefficient (Wildman–Crippen LogP) is 1.71. The Kier molecular flexibility index (Phi) is 1.87. The van der Waals surface area contributed by atoms with Crippen molar-refractivity contribution in [2.75, 3.05) is 13.1 Å². The van der Waals surface area contributed by atoms with E-state index >= 15 is 0 Å². The average molecular weight is 193 g/mol. The molecule has 0 amide bonds. The quantitative estimate of drug-likeness (QED) is 0.711. The summed E-state index contributed by atoms with van der Waals surface area (Å²) in [5.41, 5.74) is 4.30. The molecule has 69 valence electrons. The molecule has 0 N–H and O–H groups in total. The predicted molar refractivity (Wildman–Crippen MR) is 52.7 cm³/mol. The first-order valence-electron chi connectivity index (χ1n) is 4.99. The molecule has 1 saturated carbocycles. The van der Waals surface area contributed by atoms with Gasteiger partial charge < -0.3 is 0 Å². The third-order valence-electron chi connectivity index (χ3n) is 2.92. The zero-order valence-electron chi connectivity index (χ0n) is 7.62. The minimum atomic E-state index is 1.01. The molecular formula is C10H13N2S. The molecule has 3 rings (SSSR count). The summed E-state index contributed by atoms with van der Waals surface area (Å²) < 4.78 is 0. The highest BCUT2D eigenvalue weighted by atomic mass is 32.1. The van der Waals surface area contributed by atoms with Gasteiger partial charge in [-0.1, -0.05) is 0 Å². The maximum absolute atomic E-state index is 4.25. The third-order valence-corrected chi connectivity index (χ3v) is 3.71. The first-order chi connectivity index (χ1) is 6.42. The van der Waals surface area contributed by atoms with E-state index in [0.29, 0.717) is 0 Å². The molecule has 0 aromatic carbocycles. The number of thiazole rings is 1. The first kappa shape index (κ1) is 7.94. The zero-order valence-corrected chi connectivity index (χ0v) is 8.44. The number of aromatic nitrogens is 1. The van der Waals surface area contributed by atoms with Crippen molar-refractivity contribution in [1.29, 1.82) is 0 Å². The number of rotatable bonds is 2. The van der Waals surface area contributed by atoms with E-state index in [9.17, 15) is 0 Å². The fraction of sp³-hybridized carbons (Fsp3) is 0.700. The van der Waals surface area contributed by atoms with Crippen LogP contribution in [0.2, 0.25) is 0 Å². The normalized spacial score (nSPS) is 23.1. The molecule has 2 heterocycles. The smallest absolute Gasteiger partial charge is 0.152 e. The van der Waals surface area contributed by atoms with E-state index in [0.717, 1.165) is 18.9 Å². The second-order valence-electron chi connectivity index (χ2n) is 4.10. The van der Waals surface area contributed by atoms with Gasteiger partial charge in [0.25, 0.3) is 0 Å². The minimum absolute atomic E-state index is 1.01. The highest BCUT2D eigenvalue weighted by Gasteiger charge is 2.26. The number of fused-ring (bicyclic) bond motifs is 1. The van der Waals surface area contributed by atoms with Crippen LogP contribution in [0.3, 0.4) is 0 Å². The van der Waals surface area contributed by atoms with Gasteiger partial charge in [0.05, 0.1) is 5.69 Å². The van der Waals surface area contributed by atoms with Crippen molar-refractivity contribution >= 4 is 11.3 Å². The number of hydrogen-bond donors (Lipinski definition) is 0. The van der Waals surface area contributed by atoms with Crippen LogP contribution in [0.4, 0.5) is 0 Å². The van der Waals surface area contributed by atoms with Gasteiger partial charge in [-0.25, -0.2) is 4.98 Å². The fourth-order valence-corrected chi connectivity index (χ4v) is 2.72. The Morgan fingerprint density at radius 1 is 1.54 bits per heavy atom. The molecular weight excluding hydrogens is 180 g/mol. The molecule has 13 heavy (non-hydrogen) atoms. The van der Waals surface area contributed by atoms with E-state index in [2.05, 4.69) is 15.4 Å². The summed E-state index contributed by atoms with van der Waals surface area (Å²) in [7, 11) is 0. The zero-order chi connectivity index (χ0) is 8.67. The van der Waals surface area contributed by atoms with E-state index in [1.165, 1.54) is 36.5 Å². The maximum Gasteiger partial charge on any atom is 0.152 e. The molecule has 1 radical (unpaired) electrons. The summed E-state index contributed by atoms with van der Waals surface area (Å²) in [6, 6.07) is 0. The lowest BCUT2D eigenvalue weighted by Gasteiger charge is -2.25. The van der Waals surface area contributed by atoms with Crippen molar-refractivity contribution in [2.45, 2.75) is 25.8 Å². The highest BCUT2D eigenvalue weighted by molar-refractivity contribution is 7.09. The van der Waals surface area contributed by atoms with Crippen LogP contribution in [0, 0.1) is 11.4 Å². The molecule has 1 fully saturated rings. The van der Waals surface area contributed by atoms with Gasteiger partial charge in [-0.15, -0.1) is 11.3 Å². The Morgan fingerprint density at radius 2 is 2.46 bits per heavy atom. The Bertz CT molecular complexity index is 304. The van der Waals surface area contributed by atoms with Crippen LogP contribution in [-0.2, 0) is 13.0 Å². The third kappa shape index (κ3) is 1.63. The van der Waals surface area contributed by atoms with Crippen LogP contribution in [0.15, 0.2) is 0 Å². The van der Waals surface area contributed by atoms with Crippen molar-refractivity contribution < 1.29 is 0 Å². The fourth-order valence-electron chi connectivity index (χ4n) is 1.94. The Hall–Kier alpha value is -0.410. The van der Waals surface area contributed by atoms with Gasteiger partial charge in [0.1, 0.15) is 0 Å². The van der Waals surface area contributed by atoms with E-state index in [1.54, 1.807) is 11.3 Å². The van der Waals surface area contributed by atoms with E-state index in [4.69, 9.17) is 0 Å². The summed E-state index contributed by atoms with van der Waals surface area (Å²) in [4.78, 5) is 8.28. The second kappa shape index (κ2) is 3.07. The lowest BCUT2D eigenvalue weighted by atomic mass is 10.1. The van der Waals surface area contributed by atoms with Gasteiger partial charge in [-0.3, -0.25) is 4.90 Å². The van der Waals surface area contributed by atoms with Crippen LogP contribution in [0.25, 0.3) is 0 Å². The van der Waals surface area contributed by atoms with Crippen LogP contribution < -0.4 is 0 Å². The second-order valence-corrected chi connectivity index (χ2v) is 4.98. The molecule has 0 spiro atoms. The molecule has 0 saturated heterocycles. The summed E-state index contributed by atoms with van der Waals surface area (Å²) in [6.07, 6.45) is 4.05. The Labute approximate surface area is 82.6 Å². The van der Waals surface area contributed by atoms with E-state index in [1.807, 2.05) is 0 Å². The van der Waals surface area contributed by atoms with Crippen molar-refractivity contribution in [3.05, 3.63) is 16.1 Å². The molecule has 1 aromatic heterocycles. The molecule has 2 nitrogen and oxygen atoms in total. The largest absolute Gasteiger partial charge is 0.298 e. The Balaban J connectivity index is 1.69. The van der Waals surface area contributed by atoms with Gasteiger partial charge in [0.2, 0.25) is 0 Å². The number of hydrogen-bond acceptors (Lipinski definition) is 3. The average Bonchev–Trinajstić information content (AvgIpc) is 2.83. The molecule has 0 atom stereocenters. The molecule has 3 heteroatoms. The first-order valence-corrected chi connectivity index (χ1v) is 5.80. The van der Waals surface area contributed by atoms with Gasteiger partial charge >= 0.3 is 0 Å². The molecule has 2 aliphatic rings. The lowest BCUT2D eigenvalue weighted by molar-refractivity contribution is 0.245. The van der Waals surface area contributed by atoms with Gasteiger partial charge in [-0.05, 0) is 18.8 Å².